The van der Waals surface area contributed by atoms with Crippen molar-refractivity contribution >= 4 is 26.7 Å². The minimum atomic E-state index is -3.23. The Morgan fingerprint density at radius 1 is 1.15 bits per heavy atom. The Morgan fingerprint density at radius 2 is 1.88 bits per heavy atom. The van der Waals surface area contributed by atoms with Gasteiger partial charge in [0.15, 0.2) is 21.0 Å². The summed E-state index contributed by atoms with van der Waals surface area (Å²) in [4.78, 5) is 27.9. The molecule has 1 aliphatic heterocycles. The highest BCUT2D eigenvalue weighted by atomic mass is 32.2. The second kappa shape index (κ2) is 9.62. The molecule has 1 saturated heterocycles. The quantitative estimate of drug-likeness (QED) is 0.504. The number of aryl methyl sites for hydroxylation is 2. The van der Waals surface area contributed by atoms with Crippen LogP contribution >= 0.6 is 0 Å². The van der Waals surface area contributed by atoms with Crippen LogP contribution in [0.4, 0.5) is 0 Å². The summed E-state index contributed by atoms with van der Waals surface area (Å²) in [5.41, 5.74) is 2.59. The Morgan fingerprint density at radius 3 is 2.53 bits per heavy atom. The molecule has 0 aliphatic carbocycles. The van der Waals surface area contributed by atoms with Gasteiger partial charge in [-0.3, -0.25) is 9.59 Å². The Balaban J connectivity index is 1.69. The van der Waals surface area contributed by atoms with Crippen molar-refractivity contribution in [1.82, 2.24) is 4.90 Å². The maximum atomic E-state index is 13.6. The van der Waals surface area contributed by atoms with E-state index in [2.05, 4.69) is 0 Å². The number of hydrogen-bond donors (Lipinski definition) is 0. The minimum absolute atomic E-state index is 0.0330. The van der Waals surface area contributed by atoms with Gasteiger partial charge >= 0.3 is 0 Å². The summed E-state index contributed by atoms with van der Waals surface area (Å²) in [5, 5.41) is 0.444. The molecule has 1 amide bonds. The summed E-state index contributed by atoms with van der Waals surface area (Å²) >= 11 is 0. The van der Waals surface area contributed by atoms with E-state index >= 15 is 0 Å². The number of hydrogen-bond acceptors (Lipinski definition) is 6. The minimum Gasteiger partial charge on any atom is -0.494 e. The molecule has 3 aromatic rings. The molecule has 1 fully saturated rings. The molecule has 180 valence electrons. The van der Waals surface area contributed by atoms with E-state index in [-0.39, 0.29) is 29.2 Å². The van der Waals surface area contributed by atoms with E-state index in [1.807, 2.05) is 51.1 Å². The molecule has 0 bridgehead atoms. The van der Waals surface area contributed by atoms with Crippen LogP contribution in [-0.4, -0.2) is 43.4 Å². The lowest BCUT2D eigenvalue weighted by molar-refractivity contribution is 0.0648. The van der Waals surface area contributed by atoms with Gasteiger partial charge in [0.05, 0.1) is 23.5 Å². The predicted molar refractivity (Wildman–Crippen MR) is 131 cm³/mol. The standard InChI is InChI=1S/C26H29NO6S/c1-4-10-32-21-7-5-19(6-8-21)15-27(20-9-11-34(30,31)16-20)26(29)24-14-22(28)25-18(3)12-17(2)13-23(25)33-24/h5-8,12-14,20H,4,9-11,15-16H2,1-3H3. The van der Waals surface area contributed by atoms with E-state index in [0.717, 1.165) is 28.9 Å². The summed E-state index contributed by atoms with van der Waals surface area (Å²) in [6.45, 7) is 6.56. The fourth-order valence-corrected chi connectivity index (χ4v) is 6.14. The maximum Gasteiger partial charge on any atom is 0.290 e. The zero-order valence-corrected chi connectivity index (χ0v) is 20.5. The number of rotatable bonds is 7. The van der Waals surface area contributed by atoms with Gasteiger partial charge in [-0.1, -0.05) is 25.1 Å². The number of amides is 1. The lowest BCUT2D eigenvalue weighted by Crippen LogP contribution is -2.40. The van der Waals surface area contributed by atoms with Crippen molar-refractivity contribution in [2.75, 3.05) is 18.1 Å². The van der Waals surface area contributed by atoms with Gasteiger partial charge in [-0.05, 0) is 61.6 Å². The molecule has 2 aromatic carbocycles. The highest BCUT2D eigenvalue weighted by Crippen LogP contribution is 2.25. The SMILES string of the molecule is CCCOc1ccc(CN(C(=O)c2cc(=O)c3c(C)cc(C)cc3o2)C2CCS(=O)(=O)C2)cc1. The van der Waals surface area contributed by atoms with Crippen LogP contribution in [0.15, 0.2) is 51.7 Å². The fourth-order valence-electron chi connectivity index (χ4n) is 4.41. The fraction of sp³-hybridized carbons (Fsp3) is 0.385. The van der Waals surface area contributed by atoms with Crippen molar-refractivity contribution < 1.29 is 22.4 Å². The molecule has 1 aromatic heterocycles. The number of fused-ring (bicyclic) bond motifs is 1. The molecule has 1 unspecified atom stereocenters. The number of carbonyl (C=O) groups is 1. The molecule has 0 spiro atoms. The van der Waals surface area contributed by atoms with E-state index in [1.54, 1.807) is 6.07 Å². The van der Waals surface area contributed by atoms with Gasteiger partial charge in [0.25, 0.3) is 5.91 Å². The Labute approximate surface area is 199 Å². The van der Waals surface area contributed by atoms with E-state index in [4.69, 9.17) is 9.15 Å². The van der Waals surface area contributed by atoms with E-state index in [0.29, 0.717) is 24.0 Å². The summed E-state index contributed by atoms with van der Waals surface area (Å²) in [5.74, 6) is 0.0806. The van der Waals surface area contributed by atoms with E-state index in [1.165, 1.54) is 11.0 Å². The highest BCUT2D eigenvalue weighted by Gasteiger charge is 2.36. The number of carbonyl (C=O) groups excluding carboxylic acids is 1. The second-order valence-corrected chi connectivity index (χ2v) is 11.1. The Kier molecular flexibility index (Phi) is 6.79. The molecule has 2 heterocycles. The second-order valence-electron chi connectivity index (χ2n) is 8.91. The van der Waals surface area contributed by atoms with E-state index in [9.17, 15) is 18.0 Å². The average molecular weight is 484 g/mol. The zero-order valence-electron chi connectivity index (χ0n) is 19.7. The molecule has 0 N–H and O–H groups in total. The van der Waals surface area contributed by atoms with Crippen molar-refractivity contribution in [2.24, 2.45) is 0 Å². The van der Waals surface area contributed by atoms with Crippen LogP contribution in [0.1, 0.15) is 47.0 Å². The molecule has 1 atom stereocenters. The molecular weight excluding hydrogens is 454 g/mol. The van der Waals surface area contributed by atoms with Crippen molar-refractivity contribution in [2.45, 2.75) is 46.2 Å². The van der Waals surface area contributed by atoms with Crippen LogP contribution in [0.25, 0.3) is 11.0 Å². The first kappa shape index (κ1) is 24.0. The summed E-state index contributed by atoms with van der Waals surface area (Å²) in [6, 6.07) is 11.7. The third kappa shape index (κ3) is 5.17. The van der Waals surface area contributed by atoms with Crippen molar-refractivity contribution in [1.29, 1.82) is 0 Å². The molecule has 4 rings (SSSR count). The topological polar surface area (TPSA) is 93.9 Å². The number of sulfone groups is 1. The van der Waals surface area contributed by atoms with Gasteiger partial charge in [-0.15, -0.1) is 0 Å². The van der Waals surface area contributed by atoms with Crippen LogP contribution in [0.2, 0.25) is 0 Å². The molecular formula is C26H29NO6S. The van der Waals surface area contributed by atoms with Crippen molar-refractivity contribution in [3.8, 4) is 5.75 Å². The first-order chi connectivity index (χ1) is 16.2. The summed E-state index contributed by atoms with van der Waals surface area (Å²) in [7, 11) is -3.23. The molecule has 8 heteroatoms. The molecule has 7 nitrogen and oxygen atoms in total. The highest BCUT2D eigenvalue weighted by molar-refractivity contribution is 7.91. The van der Waals surface area contributed by atoms with Gasteiger partial charge < -0.3 is 14.1 Å². The van der Waals surface area contributed by atoms with Crippen LogP contribution in [-0.2, 0) is 16.4 Å². The van der Waals surface area contributed by atoms with Gasteiger partial charge in [0.2, 0.25) is 0 Å². The van der Waals surface area contributed by atoms with E-state index < -0.39 is 21.8 Å². The third-order valence-electron chi connectivity index (χ3n) is 6.04. The summed E-state index contributed by atoms with van der Waals surface area (Å²) in [6.07, 6.45) is 1.25. The molecule has 0 radical (unpaired) electrons. The zero-order chi connectivity index (χ0) is 24.5. The molecule has 0 saturated carbocycles. The van der Waals surface area contributed by atoms with Gasteiger partial charge in [0.1, 0.15) is 11.3 Å². The average Bonchev–Trinajstić information content (AvgIpc) is 3.14. The summed E-state index contributed by atoms with van der Waals surface area (Å²) < 4.78 is 35.9. The van der Waals surface area contributed by atoms with Crippen LogP contribution in [0.3, 0.4) is 0 Å². The molecule has 34 heavy (non-hydrogen) atoms. The van der Waals surface area contributed by atoms with Crippen molar-refractivity contribution in [3.05, 3.63) is 75.1 Å². The predicted octanol–water partition coefficient (Wildman–Crippen LogP) is 4.03. The van der Waals surface area contributed by atoms with Crippen LogP contribution < -0.4 is 10.2 Å². The first-order valence-electron chi connectivity index (χ1n) is 11.4. The number of nitrogens with zero attached hydrogens (tertiary/aromatic N) is 1. The monoisotopic (exact) mass is 483 g/mol. The lowest BCUT2D eigenvalue weighted by atomic mass is 10.1. The van der Waals surface area contributed by atoms with Crippen LogP contribution in [0.5, 0.6) is 5.75 Å². The lowest BCUT2D eigenvalue weighted by Gasteiger charge is -2.28. The third-order valence-corrected chi connectivity index (χ3v) is 7.79. The van der Waals surface area contributed by atoms with Crippen molar-refractivity contribution in [3.63, 3.8) is 0 Å². The number of benzene rings is 2. The van der Waals surface area contributed by atoms with Gasteiger partial charge in [0, 0.05) is 18.7 Å². The first-order valence-corrected chi connectivity index (χ1v) is 13.3. The normalized spacial score (nSPS) is 17.1. The smallest absolute Gasteiger partial charge is 0.290 e. The Hall–Kier alpha value is -3.13. The molecule has 1 aliphatic rings. The number of ether oxygens (including phenoxy) is 1. The maximum absolute atomic E-state index is 13.6. The Bertz CT molecular complexity index is 1370. The van der Waals surface area contributed by atoms with Gasteiger partial charge in [-0.25, -0.2) is 8.42 Å². The van der Waals surface area contributed by atoms with Crippen LogP contribution in [0, 0.1) is 13.8 Å². The van der Waals surface area contributed by atoms with Gasteiger partial charge in [-0.2, -0.15) is 0 Å². The largest absolute Gasteiger partial charge is 0.494 e.